The van der Waals surface area contributed by atoms with E-state index in [0.717, 1.165) is 75.7 Å². The average molecular weight is 807 g/mol. The molecule has 1 aromatic carbocycles. The first kappa shape index (κ1) is 40.7. The molecule has 0 saturated carbocycles. The number of alkyl halides is 3. The first-order valence-corrected chi connectivity index (χ1v) is 19.9. The van der Waals surface area contributed by atoms with Crippen molar-refractivity contribution in [1.29, 1.82) is 0 Å². The van der Waals surface area contributed by atoms with Crippen molar-refractivity contribution in [3.8, 4) is 5.75 Å². The quantitative estimate of drug-likeness (QED) is 0.233. The molecule has 2 aromatic heterocycles. The van der Waals surface area contributed by atoms with Gasteiger partial charge in [0.15, 0.2) is 0 Å². The molecule has 17 heteroatoms. The third-order valence-electron chi connectivity index (χ3n) is 11.7. The minimum atomic E-state index is -4.67. The van der Waals surface area contributed by atoms with E-state index in [4.69, 9.17) is 14.6 Å². The number of imide groups is 1. The number of halogens is 3. The maximum Gasteiger partial charge on any atom is 0.433 e. The molecule has 3 aromatic rings. The van der Waals surface area contributed by atoms with E-state index >= 15 is 0 Å². The lowest BCUT2D eigenvalue weighted by atomic mass is 9.88. The van der Waals surface area contributed by atoms with Crippen LogP contribution < -0.4 is 15.4 Å². The molecular formula is C41H49F3N8O6. The van der Waals surface area contributed by atoms with Crippen LogP contribution in [0.5, 0.6) is 5.75 Å². The van der Waals surface area contributed by atoms with Crippen LogP contribution in [0.4, 0.5) is 23.7 Å². The Bertz CT molecular complexity index is 2120. The van der Waals surface area contributed by atoms with Gasteiger partial charge in [-0.1, -0.05) is 13.0 Å². The topological polar surface area (TPSA) is 151 Å². The van der Waals surface area contributed by atoms with Crippen molar-refractivity contribution in [1.82, 2.24) is 34.8 Å². The highest BCUT2D eigenvalue weighted by Crippen LogP contribution is 2.36. The van der Waals surface area contributed by atoms with E-state index in [1.54, 1.807) is 25.3 Å². The monoisotopic (exact) mass is 806 g/mol. The van der Waals surface area contributed by atoms with Gasteiger partial charge in [0, 0.05) is 68.3 Å². The second kappa shape index (κ2) is 17.2. The van der Waals surface area contributed by atoms with Gasteiger partial charge in [0.2, 0.25) is 11.8 Å². The minimum absolute atomic E-state index is 0.00248. The SMILES string of the molecule is COC1=C(N2CCC(=O)NC2=O)C=C(C(=O)N2CCC(CCCN3CCC(n4cc5cc(NC(=O)c6cccc(C(F)(F)F)n6)c(OC)cc5n4)CC3)CC2)CC1C. The summed E-state index contributed by atoms with van der Waals surface area (Å²) in [5, 5.41) is 10.6. The molecule has 0 radical (unpaired) electrons. The predicted octanol–water partition coefficient (Wildman–Crippen LogP) is 6.13. The van der Waals surface area contributed by atoms with Crippen LogP contribution in [-0.4, -0.2) is 107 Å². The molecule has 3 aliphatic heterocycles. The van der Waals surface area contributed by atoms with Gasteiger partial charge in [0.1, 0.15) is 22.9 Å². The Morgan fingerprint density at radius 2 is 1.76 bits per heavy atom. The lowest BCUT2D eigenvalue weighted by molar-refractivity contribution is -0.141. The largest absolute Gasteiger partial charge is 0.499 e. The van der Waals surface area contributed by atoms with Crippen LogP contribution in [0.1, 0.15) is 80.5 Å². The van der Waals surface area contributed by atoms with Gasteiger partial charge in [0.05, 0.1) is 37.2 Å². The standard InChI is InChI=1S/C41H49F3N8O6/c1-25-20-27(22-33(37(25)58-3)51-19-13-36(53)47-40(51)56)39(55)50-17-9-26(10-18-50)6-5-14-49-15-11-29(12-16-49)52-24-28-21-32(34(57-2)23-31(28)48-52)46-38(54)30-7-4-8-35(45-30)41(42,43)44/h4,7-8,21-26,29H,5-6,9-20H2,1-3H3,(H,46,54)(H,47,53,56). The molecule has 1 aliphatic carbocycles. The number of aromatic nitrogens is 3. The fourth-order valence-corrected chi connectivity index (χ4v) is 8.50. The van der Waals surface area contributed by atoms with Gasteiger partial charge in [-0.2, -0.15) is 18.3 Å². The van der Waals surface area contributed by atoms with Crippen molar-refractivity contribution in [3.05, 3.63) is 71.0 Å². The van der Waals surface area contributed by atoms with Gasteiger partial charge in [-0.15, -0.1) is 0 Å². The fraction of sp³-hybridized carbons (Fsp3) is 0.512. The molecule has 0 bridgehead atoms. The summed E-state index contributed by atoms with van der Waals surface area (Å²) < 4.78 is 52.6. The van der Waals surface area contributed by atoms with Crippen LogP contribution in [0.3, 0.4) is 0 Å². The Kier molecular flexibility index (Phi) is 12.1. The molecule has 1 unspecified atom stereocenters. The predicted molar refractivity (Wildman–Crippen MR) is 207 cm³/mol. The van der Waals surface area contributed by atoms with Gasteiger partial charge >= 0.3 is 12.2 Å². The van der Waals surface area contributed by atoms with Crippen molar-refractivity contribution >= 4 is 40.3 Å². The summed E-state index contributed by atoms with van der Waals surface area (Å²) >= 11 is 0. The Hall–Kier alpha value is -5.45. The van der Waals surface area contributed by atoms with E-state index in [1.165, 1.54) is 18.1 Å². The van der Waals surface area contributed by atoms with E-state index in [9.17, 15) is 32.3 Å². The first-order valence-electron chi connectivity index (χ1n) is 19.9. The van der Waals surface area contributed by atoms with Gasteiger partial charge in [-0.3, -0.25) is 29.3 Å². The zero-order valence-electron chi connectivity index (χ0n) is 32.9. The summed E-state index contributed by atoms with van der Waals surface area (Å²) in [4.78, 5) is 60.3. The summed E-state index contributed by atoms with van der Waals surface area (Å²) in [5.74, 6) is 0.337. The smallest absolute Gasteiger partial charge is 0.433 e. The molecule has 7 rings (SSSR count). The van der Waals surface area contributed by atoms with E-state index in [-0.39, 0.29) is 42.4 Å². The highest BCUT2D eigenvalue weighted by molar-refractivity contribution is 6.05. The number of benzene rings is 1. The molecule has 4 aliphatic rings. The zero-order chi connectivity index (χ0) is 41.1. The Labute approximate surface area is 334 Å². The molecule has 310 valence electrons. The number of piperidine rings is 2. The first-order chi connectivity index (χ1) is 27.8. The lowest BCUT2D eigenvalue weighted by Gasteiger charge is -2.36. The van der Waals surface area contributed by atoms with E-state index < -0.39 is 23.8 Å². The number of nitrogens with zero attached hydrogens (tertiary/aromatic N) is 6. The number of hydrogen-bond acceptors (Lipinski definition) is 9. The number of likely N-dealkylation sites (tertiary alicyclic amines) is 2. The molecule has 14 nitrogen and oxygen atoms in total. The maximum atomic E-state index is 13.7. The molecule has 58 heavy (non-hydrogen) atoms. The van der Waals surface area contributed by atoms with Crippen LogP contribution in [0.25, 0.3) is 10.9 Å². The molecule has 5 heterocycles. The van der Waals surface area contributed by atoms with Crippen LogP contribution in [-0.2, 0) is 20.5 Å². The van der Waals surface area contributed by atoms with E-state index in [0.29, 0.717) is 59.4 Å². The maximum absolute atomic E-state index is 13.7. The number of pyridine rings is 1. The summed E-state index contributed by atoms with van der Waals surface area (Å²) in [5.41, 5.74) is 0.680. The number of carbonyl (C=O) groups is 4. The van der Waals surface area contributed by atoms with Gasteiger partial charge in [-0.05, 0) is 81.7 Å². The average Bonchev–Trinajstić information content (AvgIpc) is 3.63. The summed E-state index contributed by atoms with van der Waals surface area (Å²) in [6.07, 6.45) is 5.67. The second-order valence-electron chi connectivity index (χ2n) is 15.5. The molecule has 5 amide bonds. The third kappa shape index (κ3) is 8.98. The number of methoxy groups -OCH3 is 2. The fourth-order valence-electron chi connectivity index (χ4n) is 8.50. The van der Waals surface area contributed by atoms with Crippen LogP contribution in [0.2, 0.25) is 0 Å². The summed E-state index contributed by atoms with van der Waals surface area (Å²) in [7, 11) is 3.01. The van der Waals surface area contributed by atoms with Gasteiger partial charge < -0.3 is 24.6 Å². The Morgan fingerprint density at radius 3 is 2.45 bits per heavy atom. The molecule has 2 N–H and O–H groups in total. The summed E-state index contributed by atoms with van der Waals surface area (Å²) in [6.45, 7) is 6.49. The highest BCUT2D eigenvalue weighted by Gasteiger charge is 2.36. The Balaban J connectivity index is 0.869. The number of anilines is 1. The minimum Gasteiger partial charge on any atom is -0.499 e. The molecule has 0 spiro atoms. The van der Waals surface area contributed by atoms with Crippen molar-refractivity contribution in [2.75, 3.05) is 58.8 Å². The van der Waals surface area contributed by atoms with Crippen molar-refractivity contribution in [2.24, 2.45) is 11.8 Å². The number of urea groups is 1. The number of carbonyl (C=O) groups excluding carboxylic acids is 4. The number of hydrogen-bond donors (Lipinski definition) is 2. The number of nitrogens with one attached hydrogen (secondary N) is 2. The summed E-state index contributed by atoms with van der Waals surface area (Å²) in [6, 6.07) is 6.29. The van der Waals surface area contributed by atoms with Crippen LogP contribution in [0, 0.1) is 11.8 Å². The second-order valence-corrected chi connectivity index (χ2v) is 15.5. The number of ether oxygens (including phenoxy) is 2. The number of rotatable bonds is 11. The van der Waals surface area contributed by atoms with Crippen molar-refractivity contribution in [3.63, 3.8) is 0 Å². The normalized spacial score (nSPS) is 20.3. The molecule has 1 atom stereocenters. The van der Waals surface area contributed by atoms with Crippen molar-refractivity contribution < 1.29 is 41.8 Å². The van der Waals surface area contributed by atoms with E-state index in [1.807, 2.05) is 22.7 Å². The highest BCUT2D eigenvalue weighted by atomic mass is 19.4. The Morgan fingerprint density at radius 1 is 1.00 bits per heavy atom. The number of fused-ring (bicyclic) bond motifs is 1. The molecule has 3 saturated heterocycles. The zero-order valence-corrected chi connectivity index (χ0v) is 32.9. The van der Waals surface area contributed by atoms with E-state index in [2.05, 4.69) is 20.5 Å². The molecular weight excluding hydrogens is 757 g/mol. The number of amides is 5. The lowest BCUT2D eigenvalue weighted by Crippen LogP contribution is -2.49. The van der Waals surface area contributed by atoms with Gasteiger partial charge in [-0.25, -0.2) is 9.78 Å². The van der Waals surface area contributed by atoms with Crippen LogP contribution in [0.15, 0.2) is 59.6 Å². The third-order valence-corrected chi connectivity index (χ3v) is 11.7. The molecule has 3 fully saturated rings. The number of allylic oxidation sites excluding steroid dienone is 2. The van der Waals surface area contributed by atoms with Gasteiger partial charge in [0.25, 0.3) is 5.91 Å². The van der Waals surface area contributed by atoms with Crippen molar-refractivity contribution in [2.45, 2.75) is 70.5 Å². The van der Waals surface area contributed by atoms with Crippen LogP contribution >= 0.6 is 0 Å².